The number of halogens is 2. The molecular formula is C22H28FIN4O. The molecule has 1 fully saturated rings. The molecule has 1 amide bonds. The Bertz CT molecular complexity index is 867. The molecule has 0 unspecified atom stereocenters. The number of nitrogens with zero attached hydrogens (tertiary/aromatic N) is 1. The van der Waals surface area contributed by atoms with Crippen molar-refractivity contribution in [1.29, 1.82) is 0 Å². The summed E-state index contributed by atoms with van der Waals surface area (Å²) in [4.78, 5) is 16.2. The maximum absolute atomic E-state index is 13.6. The van der Waals surface area contributed by atoms with Gasteiger partial charge in [-0.1, -0.05) is 24.3 Å². The number of nitrogens with one attached hydrogen (secondary N) is 3. The quantitative estimate of drug-likeness (QED) is 0.303. The minimum Gasteiger partial charge on any atom is -0.356 e. The van der Waals surface area contributed by atoms with E-state index in [1.54, 1.807) is 25.2 Å². The lowest BCUT2D eigenvalue weighted by molar-refractivity contribution is 0.0955. The molecule has 0 atom stereocenters. The molecule has 0 aliphatic heterocycles. The standard InChI is InChI=1S/C22H27FN4O.HI/c1-3-25-20(28)17-7-4-6-16(12-17)14-26-21(24-2)27-15-22(10-11-22)18-8-5-9-19(23)13-18;/h4-9,12-13H,3,10-11,14-15H2,1-2H3,(H,25,28)(H2,24,26,27);1H. The summed E-state index contributed by atoms with van der Waals surface area (Å²) in [5.41, 5.74) is 2.66. The van der Waals surface area contributed by atoms with Crippen LogP contribution in [0.4, 0.5) is 4.39 Å². The Morgan fingerprint density at radius 3 is 2.52 bits per heavy atom. The van der Waals surface area contributed by atoms with E-state index < -0.39 is 0 Å². The molecule has 0 bridgehead atoms. The fourth-order valence-corrected chi connectivity index (χ4v) is 3.28. The average molecular weight is 510 g/mol. The molecule has 3 rings (SSSR count). The van der Waals surface area contributed by atoms with Crippen LogP contribution in [0.2, 0.25) is 0 Å². The van der Waals surface area contributed by atoms with E-state index in [-0.39, 0.29) is 41.1 Å². The number of hydrogen-bond acceptors (Lipinski definition) is 2. The van der Waals surface area contributed by atoms with Gasteiger partial charge in [0.1, 0.15) is 5.82 Å². The molecular weight excluding hydrogens is 482 g/mol. The van der Waals surface area contributed by atoms with Crippen LogP contribution in [-0.4, -0.2) is 32.0 Å². The van der Waals surface area contributed by atoms with Crippen LogP contribution in [0.1, 0.15) is 41.3 Å². The van der Waals surface area contributed by atoms with Crippen LogP contribution in [0, 0.1) is 5.82 Å². The lowest BCUT2D eigenvalue weighted by Gasteiger charge is -2.19. The van der Waals surface area contributed by atoms with Gasteiger partial charge in [0.05, 0.1) is 0 Å². The number of carbonyl (C=O) groups is 1. The SMILES string of the molecule is CCNC(=O)c1cccc(CNC(=NC)NCC2(c3cccc(F)c3)CC2)c1.I. The summed E-state index contributed by atoms with van der Waals surface area (Å²) < 4.78 is 13.6. The molecule has 7 heteroatoms. The number of aliphatic imine (C=N–C) groups is 1. The second kappa shape index (κ2) is 10.6. The van der Waals surface area contributed by atoms with Gasteiger partial charge in [-0.3, -0.25) is 9.79 Å². The molecule has 1 saturated carbocycles. The maximum atomic E-state index is 13.6. The highest BCUT2D eigenvalue weighted by molar-refractivity contribution is 14.0. The van der Waals surface area contributed by atoms with Crippen molar-refractivity contribution in [3.05, 3.63) is 71.0 Å². The van der Waals surface area contributed by atoms with Crippen LogP contribution in [0.25, 0.3) is 0 Å². The van der Waals surface area contributed by atoms with Crippen LogP contribution < -0.4 is 16.0 Å². The largest absolute Gasteiger partial charge is 0.356 e. The van der Waals surface area contributed by atoms with Gasteiger partial charge in [-0.25, -0.2) is 4.39 Å². The molecule has 0 heterocycles. The average Bonchev–Trinajstić information content (AvgIpc) is 3.50. The Balaban J connectivity index is 0.00000300. The second-order valence-electron chi connectivity index (χ2n) is 7.13. The summed E-state index contributed by atoms with van der Waals surface area (Å²) >= 11 is 0. The van der Waals surface area contributed by atoms with Crippen LogP contribution >= 0.6 is 24.0 Å². The first-order valence-corrected chi connectivity index (χ1v) is 9.64. The molecule has 29 heavy (non-hydrogen) atoms. The van der Waals surface area contributed by atoms with E-state index in [2.05, 4.69) is 20.9 Å². The Labute approximate surface area is 188 Å². The van der Waals surface area contributed by atoms with E-state index >= 15 is 0 Å². The summed E-state index contributed by atoms with van der Waals surface area (Å²) in [5.74, 6) is 0.419. The third kappa shape index (κ3) is 6.16. The maximum Gasteiger partial charge on any atom is 0.251 e. The van der Waals surface area contributed by atoms with Crippen molar-refractivity contribution in [2.24, 2.45) is 4.99 Å². The molecule has 1 aliphatic carbocycles. The van der Waals surface area contributed by atoms with Crippen molar-refractivity contribution in [2.45, 2.75) is 31.7 Å². The summed E-state index contributed by atoms with van der Waals surface area (Å²) in [7, 11) is 1.72. The summed E-state index contributed by atoms with van der Waals surface area (Å²) in [6.45, 7) is 3.76. The summed E-state index contributed by atoms with van der Waals surface area (Å²) in [6.07, 6.45) is 2.07. The van der Waals surface area contributed by atoms with Crippen LogP contribution in [0.5, 0.6) is 0 Å². The smallest absolute Gasteiger partial charge is 0.251 e. The fraction of sp³-hybridized carbons (Fsp3) is 0.364. The molecule has 0 saturated heterocycles. The minimum absolute atomic E-state index is 0. The van der Waals surface area contributed by atoms with Crippen molar-refractivity contribution in [1.82, 2.24) is 16.0 Å². The number of hydrogen-bond donors (Lipinski definition) is 3. The van der Waals surface area contributed by atoms with E-state index in [1.165, 1.54) is 6.07 Å². The predicted octanol–water partition coefficient (Wildman–Crippen LogP) is 3.59. The number of carbonyl (C=O) groups excluding carboxylic acids is 1. The van der Waals surface area contributed by atoms with Gasteiger partial charge in [0, 0.05) is 37.7 Å². The second-order valence-corrected chi connectivity index (χ2v) is 7.13. The highest BCUT2D eigenvalue weighted by atomic mass is 127. The number of rotatable bonds is 7. The molecule has 0 spiro atoms. The van der Waals surface area contributed by atoms with E-state index in [9.17, 15) is 9.18 Å². The Kier molecular flexibility index (Phi) is 8.43. The third-order valence-electron chi connectivity index (χ3n) is 5.09. The van der Waals surface area contributed by atoms with E-state index in [1.807, 2.05) is 31.2 Å². The predicted molar refractivity (Wildman–Crippen MR) is 125 cm³/mol. The summed E-state index contributed by atoms with van der Waals surface area (Å²) in [5, 5.41) is 9.44. The van der Waals surface area contributed by atoms with Gasteiger partial charge in [0.25, 0.3) is 5.91 Å². The zero-order chi connectivity index (χ0) is 20.0. The number of amides is 1. The molecule has 156 valence electrons. The van der Waals surface area contributed by atoms with Gasteiger partial charge < -0.3 is 16.0 Å². The first kappa shape index (κ1) is 23.1. The van der Waals surface area contributed by atoms with Gasteiger partial charge >= 0.3 is 0 Å². The Hall–Kier alpha value is -2.16. The Morgan fingerprint density at radius 2 is 1.86 bits per heavy atom. The van der Waals surface area contributed by atoms with Crippen molar-refractivity contribution < 1.29 is 9.18 Å². The topological polar surface area (TPSA) is 65.5 Å². The molecule has 3 N–H and O–H groups in total. The van der Waals surface area contributed by atoms with Gasteiger partial charge in [-0.15, -0.1) is 24.0 Å². The van der Waals surface area contributed by atoms with Crippen molar-refractivity contribution in [2.75, 3.05) is 20.1 Å². The van der Waals surface area contributed by atoms with Crippen LogP contribution in [0.3, 0.4) is 0 Å². The minimum atomic E-state index is -0.196. The van der Waals surface area contributed by atoms with Gasteiger partial charge in [0.2, 0.25) is 0 Å². The van der Waals surface area contributed by atoms with E-state index in [0.717, 1.165) is 24.0 Å². The van der Waals surface area contributed by atoms with E-state index in [4.69, 9.17) is 0 Å². The highest BCUT2D eigenvalue weighted by Crippen LogP contribution is 2.47. The number of benzene rings is 2. The molecule has 0 radical (unpaired) electrons. The molecule has 0 aromatic heterocycles. The van der Waals surface area contributed by atoms with Crippen molar-refractivity contribution in [3.8, 4) is 0 Å². The van der Waals surface area contributed by atoms with Crippen molar-refractivity contribution in [3.63, 3.8) is 0 Å². The molecule has 5 nitrogen and oxygen atoms in total. The molecule has 1 aliphatic rings. The Morgan fingerprint density at radius 1 is 1.10 bits per heavy atom. The lowest BCUT2D eigenvalue weighted by atomic mass is 9.96. The summed E-state index contributed by atoms with van der Waals surface area (Å²) in [6, 6.07) is 14.4. The fourth-order valence-electron chi connectivity index (χ4n) is 3.28. The zero-order valence-electron chi connectivity index (χ0n) is 16.8. The number of guanidine groups is 1. The lowest BCUT2D eigenvalue weighted by Crippen LogP contribution is -2.41. The zero-order valence-corrected chi connectivity index (χ0v) is 19.1. The molecule has 2 aromatic carbocycles. The van der Waals surface area contributed by atoms with Gasteiger partial charge in [-0.2, -0.15) is 0 Å². The van der Waals surface area contributed by atoms with Gasteiger partial charge in [-0.05, 0) is 55.2 Å². The first-order valence-electron chi connectivity index (χ1n) is 9.64. The molecule has 2 aromatic rings. The third-order valence-corrected chi connectivity index (χ3v) is 5.09. The van der Waals surface area contributed by atoms with Crippen LogP contribution in [-0.2, 0) is 12.0 Å². The van der Waals surface area contributed by atoms with Gasteiger partial charge in [0.15, 0.2) is 5.96 Å². The first-order chi connectivity index (χ1) is 13.6. The van der Waals surface area contributed by atoms with Crippen LogP contribution in [0.15, 0.2) is 53.5 Å². The van der Waals surface area contributed by atoms with E-state index in [0.29, 0.717) is 31.2 Å². The van der Waals surface area contributed by atoms with Crippen molar-refractivity contribution >= 4 is 35.8 Å². The highest BCUT2D eigenvalue weighted by Gasteiger charge is 2.44. The monoisotopic (exact) mass is 510 g/mol. The normalized spacial score (nSPS) is 14.5.